The van der Waals surface area contributed by atoms with E-state index >= 15 is 0 Å². The molecule has 4 aromatic rings. The molecular weight excluding hydrogens is 729 g/mol. The Bertz CT molecular complexity index is 1720. The van der Waals surface area contributed by atoms with Crippen LogP contribution < -0.4 is 20.1 Å². The summed E-state index contributed by atoms with van der Waals surface area (Å²) >= 11 is 0.905. The van der Waals surface area contributed by atoms with Gasteiger partial charge in [-0.1, -0.05) is 20.8 Å². The van der Waals surface area contributed by atoms with Gasteiger partial charge in [-0.2, -0.15) is 22.0 Å². The van der Waals surface area contributed by atoms with E-state index in [1.54, 1.807) is 24.3 Å². The van der Waals surface area contributed by atoms with Gasteiger partial charge in [-0.05, 0) is 85.2 Å². The number of ether oxygens (including phenoxy) is 2. The Hall–Kier alpha value is -3.69. The lowest BCUT2D eigenvalue weighted by atomic mass is 9.70. The van der Waals surface area contributed by atoms with Crippen LogP contribution in [0.15, 0.2) is 60.7 Å². The molecule has 7 nitrogen and oxygen atoms in total. The molecule has 5 rings (SSSR count). The summed E-state index contributed by atoms with van der Waals surface area (Å²) in [5, 5.41) is 5.64. The number of halogens is 7. The van der Waals surface area contributed by atoms with Gasteiger partial charge in [-0.3, -0.25) is 4.79 Å². The SMILES string of the molecule is C[C@H]1C[C@@H](n2c(Nc3ccc(OC(F)(F)I)cc3)nc3cc(OCC(=O)Nc4ccc(C(F)(F)F)c(F)c4)ccc32)CC(C)(C)C1. The average Bonchev–Trinajstić information content (AvgIpc) is 3.27. The first-order valence-electron chi connectivity index (χ1n) is 14.4. The Labute approximate surface area is 274 Å². The number of hydrogen-bond donors (Lipinski definition) is 2. The molecule has 0 bridgehead atoms. The van der Waals surface area contributed by atoms with Crippen LogP contribution in [0.2, 0.25) is 0 Å². The highest BCUT2D eigenvalue weighted by molar-refractivity contribution is 14.1. The number of carbonyl (C=O) groups excluding carboxylic acids is 1. The van der Waals surface area contributed by atoms with Crippen LogP contribution >= 0.6 is 22.6 Å². The maximum atomic E-state index is 13.9. The number of aromatic nitrogens is 2. The van der Waals surface area contributed by atoms with Crippen molar-refractivity contribution in [2.75, 3.05) is 17.2 Å². The summed E-state index contributed by atoms with van der Waals surface area (Å²) in [5.41, 5.74) is 0.519. The first kappa shape index (κ1) is 33.7. The molecule has 0 aliphatic heterocycles. The third kappa shape index (κ3) is 8.36. The van der Waals surface area contributed by atoms with Gasteiger partial charge < -0.3 is 24.7 Å². The average molecular weight is 761 g/mol. The van der Waals surface area contributed by atoms with Crippen molar-refractivity contribution in [2.45, 2.75) is 56.4 Å². The fourth-order valence-corrected chi connectivity index (χ4v) is 6.41. The monoisotopic (exact) mass is 760 g/mol. The number of nitrogens with one attached hydrogen (secondary N) is 2. The summed E-state index contributed by atoms with van der Waals surface area (Å²) < 4.78 is 88.0. The van der Waals surface area contributed by atoms with Crippen LogP contribution in [-0.4, -0.2) is 26.2 Å². The van der Waals surface area contributed by atoms with Gasteiger partial charge in [0.2, 0.25) is 5.95 Å². The standard InChI is InChI=1S/C32H31F6IN4O3/c1-18-12-21(16-30(2,3)15-18)43-27-11-9-23(45-17-28(44)40-20-6-10-24(25(33)13-20)31(34,35)36)14-26(27)42-29(43)41-19-4-7-22(8-5-19)46-32(37,38)39/h4-11,13-14,18,21H,12,15-17H2,1-3H3,(H,40,44)(H,41,42)/t18-,21+/m0/s1. The molecule has 0 spiro atoms. The number of imidazole rings is 1. The van der Waals surface area contributed by atoms with Gasteiger partial charge in [0.05, 0.1) is 39.2 Å². The maximum Gasteiger partial charge on any atom is 0.451 e. The van der Waals surface area contributed by atoms with Gasteiger partial charge in [0.25, 0.3) is 5.91 Å². The van der Waals surface area contributed by atoms with E-state index in [0.717, 1.165) is 53.4 Å². The van der Waals surface area contributed by atoms with Crippen LogP contribution in [0.25, 0.3) is 11.0 Å². The Morgan fingerprint density at radius 2 is 1.67 bits per heavy atom. The minimum Gasteiger partial charge on any atom is -0.484 e. The van der Waals surface area contributed by atoms with E-state index in [9.17, 15) is 31.1 Å². The second-order valence-corrected chi connectivity index (χ2v) is 13.5. The number of alkyl halides is 6. The summed E-state index contributed by atoms with van der Waals surface area (Å²) in [7, 11) is 0. The number of anilines is 3. The van der Waals surface area contributed by atoms with Crippen molar-refractivity contribution in [1.82, 2.24) is 9.55 Å². The van der Waals surface area contributed by atoms with E-state index < -0.39 is 34.2 Å². The summed E-state index contributed by atoms with van der Waals surface area (Å²) in [5.74, 6) is -0.870. The predicted molar refractivity (Wildman–Crippen MR) is 170 cm³/mol. The smallest absolute Gasteiger partial charge is 0.451 e. The lowest BCUT2D eigenvalue weighted by Gasteiger charge is -2.40. The molecule has 1 amide bonds. The second-order valence-electron chi connectivity index (χ2n) is 12.2. The van der Waals surface area contributed by atoms with Gasteiger partial charge >= 0.3 is 10.3 Å². The molecule has 246 valence electrons. The highest BCUT2D eigenvalue weighted by atomic mass is 127. The zero-order chi connectivity index (χ0) is 33.4. The van der Waals surface area contributed by atoms with Crippen LogP contribution in [0.5, 0.6) is 11.5 Å². The number of benzene rings is 3. The molecule has 0 unspecified atom stereocenters. The molecule has 1 aliphatic rings. The molecule has 1 aromatic heterocycles. The normalized spacial score (nSPS) is 18.3. The van der Waals surface area contributed by atoms with Gasteiger partial charge in [0.1, 0.15) is 17.3 Å². The Kier molecular flexibility index (Phi) is 9.40. The summed E-state index contributed by atoms with van der Waals surface area (Å²) in [6, 6.07) is 13.5. The Morgan fingerprint density at radius 1 is 1.00 bits per heavy atom. The molecule has 46 heavy (non-hydrogen) atoms. The van der Waals surface area contributed by atoms with Crippen molar-refractivity contribution in [3.63, 3.8) is 0 Å². The molecule has 0 saturated heterocycles. The third-order valence-electron chi connectivity index (χ3n) is 7.66. The highest BCUT2D eigenvalue weighted by Gasteiger charge is 2.35. The summed E-state index contributed by atoms with van der Waals surface area (Å²) in [4.78, 5) is 17.3. The number of rotatable bonds is 9. The van der Waals surface area contributed by atoms with Crippen molar-refractivity contribution in [1.29, 1.82) is 0 Å². The second kappa shape index (κ2) is 12.8. The predicted octanol–water partition coefficient (Wildman–Crippen LogP) is 9.71. The summed E-state index contributed by atoms with van der Waals surface area (Å²) in [6.45, 7) is 6.20. The van der Waals surface area contributed by atoms with E-state index in [-0.39, 0.29) is 22.9 Å². The van der Waals surface area contributed by atoms with E-state index in [0.29, 0.717) is 41.0 Å². The van der Waals surface area contributed by atoms with Crippen LogP contribution in [-0.2, 0) is 11.0 Å². The van der Waals surface area contributed by atoms with E-state index in [1.807, 2.05) is 6.07 Å². The first-order valence-corrected chi connectivity index (χ1v) is 15.5. The lowest BCUT2D eigenvalue weighted by molar-refractivity contribution is -0.140. The Balaban J connectivity index is 1.36. The van der Waals surface area contributed by atoms with Crippen LogP contribution in [0.4, 0.5) is 43.7 Å². The topological polar surface area (TPSA) is 77.4 Å². The van der Waals surface area contributed by atoms with Crippen LogP contribution in [0.3, 0.4) is 0 Å². The molecule has 14 heteroatoms. The number of carbonyl (C=O) groups is 1. The van der Waals surface area contributed by atoms with E-state index in [1.165, 1.54) is 12.1 Å². The van der Waals surface area contributed by atoms with Gasteiger partial charge in [-0.25, -0.2) is 9.37 Å². The molecule has 1 heterocycles. The van der Waals surface area contributed by atoms with Crippen molar-refractivity contribution in [3.8, 4) is 11.5 Å². The minimum absolute atomic E-state index is 0.00981. The third-order valence-corrected chi connectivity index (χ3v) is 7.88. The number of nitrogens with zero attached hydrogens (tertiary/aromatic N) is 2. The van der Waals surface area contributed by atoms with Gasteiger partial charge in [-0.15, -0.1) is 0 Å². The molecular formula is C32H31F6IN4O3. The molecule has 1 aliphatic carbocycles. The highest BCUT2D eigenvalue weighted by Crippen LogP contribution is 2.46. The quantitative estimate of drug-likeness (QED) is 0.101. The molecule has 1 saturated carbocycles. The zero-order valence-electron chi connectivity index (χ0n) is 25.0. The number of hydrogen-bond acceptors (Lipinski definition) is 5. The molecule has 2 N–H and O–H groups in total. The van der Waals surface area contributed by atoms with Crippen molar-refractivity contribution >= 4 is 56.9 Å². The zero-order valence-corrected chi connectivity index (χ0v) is 27.2. The summed E-state index contributed by atoms with van der Waals surface area (Å²) in [6.07, 6.45) is -1.94. The molecule has 0 radical (unpaired) electrons. The molecule has 2 atom stereocenters. The molecule has 3 aromatic carbocycles. The van der Waals surface area contributed by atoms with E-state index in [2.05, 4.69) is 40.7 Å². The van der Waals surface area contributed by atoms with Crippen LogP contribution in [0, 0.1) is 17.2 Å². The fraction of sp³-hybridized carbons (Fsp3) is 0.375. The fourth-order valence-electron chi connectivity index (χ4n) is 6.16. The maximum absolute atomic E-state index is 13.9. The Morgan fingerprint density at radius 3 is 2.30 bits per heavy atom. The minimum atomic E-state index is -4.85. The van der Waals surface area contributed by atoms with Gasteiger partial charge in [0.15, 0.2) is 6.61 Å². The lowest BCUT2D eigenvalue weighted by Crippen LogP contribution is -2.29. The largest absolute Gasteiger partial charge is 0.484 e. The molecule has 1 fully saturated rings. The first-order chi connectivity index (χ1) is 21.5. The number of amides is 1. The van der Waals surface area contributed by atoms with Crippen molar-refractivity contribution in [3.05, 3.63) is 72.0 Å². The van der Waals surface area contributed by atoms with Crippen molar-refractivity contribution < 1.29 is 40.6 Å². The number of fused-ring (bicyclic) bond motifs is 1. The van der Waals surface area contributed by atoms with Crippen LogP contribution in [0.1, 0.15) is 51.6 Å². The van der Waals surface area contributed by atoms with Gasteiger partial charge in [0, 0.05) is 23.5 Å². The van der Waals surface area contributed by atoms with Crippen molar-refractivity contribution in [2.24, 2.45) is 11.3 Å². The van der Waals surface area contributed by atoms with E-state index in [4.69, 9.17) is 9.72 Å².